The molecule has 7 nitrogen and oxygen atoms in total. The minimum absolute atomic E-state index is 0.0423. The minimum atomic E-state index is -0.581. The maximum Gasteiger partial charge on any atom is 0.310 e. The van der Waals surface area contributed by atoms with Crippen molar-refractivity contribution in [3.05, 3.63) is 0 Å². The number of aliphatic imine (C=N–C) groups is 1. The predicted molar refractivity (Wildman–Crippen MR) is 90.1 cm³/mol. The van der Waals surface area contributed by atoms with Crippen molar-refractivity contribution < 1.29 is 14.3 Å². The van der Waals surface area contributed by atoms with Gasteiger partial charge >= 0.3 is 5.97 Å². The number of guanidine groups is 1. The van der Waals surface area contributed by atoms with Gasteiger partial charge in [-0.25, -0.2) is 0 Å². The molecule has 0 aromatic rings. The van der Waals surface area contributed by atoms with Crippen LogP contribution in [0.2, 0.25) is 0 Å². The van der Waals surface area contributed by atoms with E-state index in [0.717, 1.165) is 19.0 Å². The van der Waals surface area contributed by atoms with Gasteiger partial charge in [0.2, 0.25) is 5.91 Å². The second-order valence-corrected chi connectivity index (χ2v) is 6.65. The number of amides is 1. The first-order valence-electron chi connectivity index (χ1n) is 8.10. The molecule has 1 aliphatic rings. The van der Waals surface area contributed by atoms with E-state index in [1.54, 1.807) is 7.05 Å². The third kappa shape index (κ3) is 4.84. The van der Waals surface area contributed by atoms with Crippen molar-refractivity contribution in [2.45, 2.75) is 27.7 Å². The van der Waals surface area contributed by atoms with Crippen LogP contribution < -0.4 is 10.6 Å². The highest BCUT2D eigenvalue weighted by atomic mass is 16.5. The maximum absolute atomic E-state index is 11.9. The van der Waals surface area contributed by atoms with Crippen molar-refractivity contribution in [2.24, 2.45) is 22.2 Å². The van der Waals surface area contributed by atoms with Gasteiger partial charge in [-0.3, -0.25) is 14.6 Å². The quantitative estimate of drug-likeness (QED) is 0.436. The molecule has 1 saturated heterocycles. The van der Waals surface area contributed by atoms with Gasteiger partial charge in [0.05, 0.1) is 25.0 Å². The van der Waals surface area contributed by atoms with E-state index in [-0.39, 0.29) is 23.7 Å². The smallest absolute Gasteiger partial charge is 0.310 e. The van der Waals surface area contributed by atoms with Crippen LogP contribution in [0.3, 0.4) is 0 Å². The molecule has 1 aliphatic heterocycles. The van der Waals surface area contributed by atoms with E-state index in [4.69, 9.17) is 4.74 Å². The second-order valence-electron chi connectivity index (χ2n) is 6.65. The summed E-state index contributed by atoms with van der Waals surface area (Å²) in [6.07, 6.45) is 0. The molecule has 23 heavy (non-hydrogen) atoms. The molecule has 1 rings (SSSR count). The third-order valence-electron chi connectivity index (χ3n) is 4.22. The van der Waals surface area contributed by atoms with Gasteiger partial charge in [-0.2, -0.15) is 0 Å². The van der Waals surface area contributed by atoms with Gasteiger partial charge in [0.15, 0.2) is 5.96 Å². The van der Waals surface area contributed by atoms with Crippen molar-refractivity contribution in [1.82, 2.24) is 15.5 Å². The average molecular weight is 326 g/mol. The van der Waals surface area contributed by atoms with Gasteiger partial charge in [-0.05, 0) is 26.7 Å². The zero-order chi connectivity index (χ0) is 17.6. The van der Waals surface area contributed by atoms with E-state index < -0.39 is 5.41 Å². The number of carbonyl (C=O) groups excluding carboxylic acids is 2. The molecule has 0 aromatic heterocycles. The van der Waals surface area contributed by atoms with Crippen molar-refractivity contribution >= 4 is 17.8 Å². The maximum atomic E-state index is 11.9. The fraction of sp³-hybridized carbons (Fsp3) is 0.812. The summed E-state index contributed by atoms with van der Waals surface area (Å²) in [5.74, 6) is 0.581. The summed E-state index contributed by atoms with van der Waals surface area (Å²) in [7, 11) is 3.05. The van der Waals surface area contributed by atoms with E-state index >= 15 is 0 Å². The van der Waals surface area contributed by atoms with Crippen LogP contribution in [0.25, 0.3) is 0 Å². The molecule has 2 atom stereocenters. The fourth-order valence-electron chi connectivity index (χ4n) is 2.71. The summed E-state index contributed by atoms with van der Waals surface area (Å²) < 4.78 is 4.87. The lowest BCUT2D eigenvalue weighted by molar-refractivity contribution is -0.146. The molecular weight excluding hydrogens is 296 g/mol. The molecule has 0 saturated carbocycles. The van der Waals surface area contributed by atoms with Crippen LogP contribution in [-0.4, -0.2) is 63.1 Å². The number of likely N-dealkylation sites (tertiary alicyclic amines) is 1. The van der Waals surface area contributed by atoms with Crippen molar-refractivity contribution in [3.8, 4) is 0 Å². The highest BCUT2D eigenvalue weighted by Crippen LogP contribution is 2.24. The Kier molecular flexibility index (Phi) is 6.84. The van der Waals surface area contributed by atoms with Crippen LogP contribution in [0.5, 0.6) is 0 Å². The largest absolute Gasteiger partial charge is 0.469 e. The number of nitrogens with one attached hydrogen (secondary N) is 2. The first kappa shape index (κ1) is 19.3. The molecule has 132 valence electrons. The number of rotatable bonds is 5. The van der Waals surface area contributed by atoms with Gasteiger partial charge in [-0.15, -0.1) is 0 Å². The molecule has 2 unspecified atom stereocenters. The standard InChI is InChI=1S/C16H30N4O3/c1-7-18-15(19-10-16(3,4)14(22)17-5)20-8-11(2)12(9-20)13(21)23-6/h11-12H,7-10H2,1-6H3,(H,17,22)(H,18,19). The van der Waals surface area contributed by atoms with E-state index in [0.29, 0.717) is 13.1 Å². The third-order valence-corrected chi connectivity index (χ3v) is 4.22. The van der Waals surface area contributed by atoms with Crippen LogP contribution >= 0.6 is 0 Å². The molecule has 1 fully saturated rings. The zero-order valence-corrected chi connectivity index (χ0v) is 15.1. The van der Waals surface area contributed by atoms with E-state index in [2.05, 4.69) is 20.5 Å². The Labute approximate surface area is 138 Å². The molecule has 0 spiro atoms. The summed E-state index contributed by atoms with van der Waals surface area (Å²) in [5, 5.41) is 5.91. The van der Waals surface area contributed by atoms with E-state index in [1.165, 1.54) is 7.11 Å². The monoisotopic (exact) mass is 326 g/mol. The van der Waals surface area contributed by atoms with Crippen molar-refractivity contribution in [2.75, 3.05) is 40.3 Å². The Morgan fingerprint density at radius 2 is 2.00 bits per heavy atom. The first-order valence-corrected chi connectivity index (χ1v) is 8.10. The van der Waals surface area contributed by atoms with Crippen LogP contribution in [-0.2, 0) is 14.3 Å². The second kappa shape index (κ2) is 8.17. The molecule has 7 heteroatoms. The minimum Gasteiger partial charge on any atom is -0.469 e. The van der Waals surface area contributed by atoms with Gasteiger partial charge in [0, 0.05) is 26.7 Å². The Bertz CT molecular complexity index is 462. The van der Waals surface area contributed by atoms with E-state index in [1.807, 2.05) is 27.7 Å². The van der Waals surface area contributed by atoms with Crippen LogP contribution in [0.15, 0.2) is 4.99 Å². The normalized spacial score (nSPS) is 22.0. The highest BCUT2D eigenvalue weighted by Gasteiger charge is 2.37. The van der Waals surface area contributed by atoms with Crippen molar-refractivity contribution in [3.63, 3.8) is 0 Å². The van der Waals surface area contributed by atoms with Gasteiger partial charge < -0.3 is 20.3 Å². The summed E-state index contributed by atoms with van der Waals surface area (Å²) in [6, 6.07) is 0. The molecule has 0 radical (unpaired) electrons. The highest BCUT2D eigenvalue weighted by molar-refractivity contribution is 5.84. The number of methoxy groups -OCH3 is 1. The Morgan fingerprint density at radius 1 is 1.35 bits per heavy atom. The Morgan fingerprint density at radius 3 is 2.52 bits per heavy atom. The van der Waals surface area contributed by atoms with Gasteiger partial charge in [0.25, 0.3) is 0 Å². The van der Waals surface area contributed by atoms with E-state index in [9.17, 15) is 9.59 Å². The number of esters is 1. The Balaban J connectivity index is 2.85. The van der Waals surface area contributed by atoms with Gasteiger partial charge in [-0.1, -0.05) is 6.92 Å². The van der Waals surface area contributed by atoms with Crippen molar-refractivity contribution in [1.29, 1.82) is 0 Å². The first-order chi connectivity index (χ1) is 10.8. The fourth-order valence-corrected chi connectivity index (χ4v) is 2.71. The molecule has 0 aliphatic carbocycles. The summed E-state index contributed by atoms with van der Waals surface area (Å²) >= 11 is 0. The summed E-state index contributed by atoms with van der Waals surface area (Å²) in [6.45, 7) is 10.2. The molecule has 1 amide bonds. The number of ether oxygens (including phenoxy) is 1. The topological polar surface area (TPSA) is 83.0 Å². The lowest BCUT2D eigenvalue weighted by atomic mass is 9.93. The molecule has 1 heterocycles. The molecule has 2 N–H and O–H groups in total. The van der Waals surface area contributed by atoms with Gasteiger partial charge in [0.1, 0.15) is 0 Å². The zero-order valence-electron chi connectivity index (χ0n) is 15.1. The van der Waals surface area contributed by atoms with Crippen LogP contribution in [0.1, 0.15) is 27.7 Å². The number of hydrogen-bond donors (Lipinski definition) is 2. The Hall–Kier alpha value is -1.79. The number of carbonyl (C=O) groups is 2. The SMILES string of the molecule is CCNC(=NCC(C)(C)C(=O)NC)N1CC(C)C(C(=O)OC)C1. The predicted octanol–water partition coefficient (Wildman–Crippen LogP) is 0.465. The molecular formula is C16H30N4O3. The molecule has 0 bridgehead atoms. The lowest BCUT2D eigenvalue weighted by Crippen LogP contribution is -2.42. The number of nitrogens with zero attached hydrogens (tertiary/aromatic N) is 2. The number of hydrogen-bond acceptors (Lipinski definition) is 4. The summed E-state index contributed by atoms with van der Waals surface area (Å²) in [5.41, 5.74) is -0.581. The molecule has 0 aromatic carbocycles. The summed E-state index contributed by atoms with van der Waals surface area (Å²) in [4.78, 5) is 30.4. The average Bonchev–Trinajstić information content (AvgIpc) is 2.91. The van der Waals surface area contributed by atoms with Crippen LogP contribution in [0, 0.1) is 17.3 Å². The lowest BCUT2D eigenvalue weighted by Gasteiger charge is -2.25. The van der Waals surface area contributed by atoms with Crippen LogP contribution in [0.4, 0.5) is 0 Å².